The third-order valence-electron chi connectivity index (χ3n) is 1.87. The number of rotatable bonds is 1. The minimum absolute atomic E-state index is 0.526. The van der Waals surface area contributed by atoms with Crippen molar-refractivity contribution in [1.82, 2.24) is 0 Å². The van der Waals surface area contributed by atoms with Gasteiger partial charge in [-0.25, -0.2) is 0 Å². The van der Waals surface area contributed by atoms with Gasteiger partial charge in [0.05, 0.1) is 6.61 Å². The smallest absolute Gasteiger partial charge is 0.184 e. The SMILES string of the molecule is OCC1O[C@H](O)[C@H](O)[C@@H](O)C1O. The molecule has 0 spiro atoms. The van der Waals surface area contributed by atoms with Crippen LogP contribution in [0.25, 0.3) is 0 Å². The second-order valence-corrected chi connectivity index (χ2v) is 2.72. The quantitative estimate of drug-likeness (QED) is 0.290. The molecule has 1 aliphatic rings. The maximum absolute atomic E-state index is 9.12. The molecular weight excluding hydrogens is 168 g/mol. The maximum atomic E-state index is 9.12. The molecule has 6 heteroatoms. The maximum Gasteiger partial charge on any atom is 0.184 e. The van der Waals surface area contributed by atoms with Crippen LogP contribution in [0.4, 0.5) is 0 Å². The van der Waals surface area contributed by atoms with Gasteiger partial charge in [-0.15, -0.1) is 0 Å². The fraction of sp³-hybridized carbons (Fsp3) is 1.00. The summed E-state index contributed by atoms with van der Waals surface area (Å²) in [6.45, 7) is -0.526. The number of aliphatic hydroxyl groups is 5. The molecule has 1 fully saturated rings. The first-order chi connectivity index (χ1) is 5.57. The van der Waals surface area contributed by atoms with Crippen LogP contribution in [0.5, 0.6) is 0 Å². The number of aliphatic hydroxyl groups excluding tert-OH is 5. The molecule has 0 aromatic rings. The first-order valence-corrected chi connectivity index (χ1v) is 3.56. The Labute approximate surface area is 68.6 Å². The third kappa shape index (κ3) is 1.58. The summed E-state index contributed by atoms with van der Waals surface area (Å²) in [5.41, 5.74) is 0. The molecular formula is C6H12O6. The summed E-state index contributed by atoms with van der Waals surface area (Å²) in [7, 11) is 0. The number of hydrogen-bond donors (Lipinski definition) is 5. The zero-order chi connectivity index (χ0) is 9.30. The lowest BCUT2D eigenvalue weighted by atomic mass is 10.00. The molecule has 72 valence electrons. The first-order valence-electron chi connectivity index (χ1n) is 3.56. The summed E-state index contributed by atoms with van der Waals surface area (Å²) < 4.78 is 4.58. The highest BCUT2D eigenvalue weighted by molar-refractivity contribution is 4.87. The van der Waals surface area contributed by atoms with Crippen molar-refractivity contribution in [1.29, 1.82) is 0 Å². The van der Waals surface area contributed by atoms with E-state index in [1.165, 1.54) is 0 Å². The second-order valence-electron chi connectivity index (χ2n) is 2.72. The van der Waals surface area contributed by atoms with E-state index in [4.69, 9.17) is 25.5 Å². The fourth-order valence-electron chi connectivity index (χ4n) is 1.08. The molecule has 0 aromatic heterocycles. The highest BCUT2D eigenvalue weighted by Gasteiger charge is 2.42. The summed E-state index contributed by atoms with van der Waals surface area (Å²) in [6, 6.07) is 0. The van der Waals surface area contributed by atoms with Crippen LogP contribution in [0.15, 0.2) is 0 Å². The summed E-state index contributed by atoms with van der Waals surface area (Å²) in [6.07, 6.45) is -7.04. The molecule has 1 rings (SSSR count). The molecule has 0 aromatic carbocycles. The van der Waals surface area contributed by atoms with Crippen LogP contribution in [-0.2, 0) is 4.74 Å². The van der Waals surface area contributed by atoms with E-state index in [2.05, 4.69) is 4.74 Å². The molecule has 6 nitrogen and oxygen atoms in total. The third-order valence-corrected chi connectivity index (χ3v) is 1.87. The van der Waals surface area contributed by atoms with E-state index >= 15 is 0 Å². The lowest BCUT2D eigenvalue weighted by molar-refractivity contribution is -0.286. The van der Waals surface area contributed by atoms with Gasteiger partial charge in [-0.3, -0.25) is 0 Å². The van der Waals surface area contributed by atoms with Crippen LogP contribution in [0.3, 0.4) is 0 Å². The van der Waals surface area contributed by atoms with Gasteiger partial charge in [0.2, 0.25) is 0 Å². The van der Waals surface area contributed by atoms with Crippen LogP contribution in [0.1, 0.15) is 0 Å². The van der Waals surface area contributed by atoms with Crippen molar-refractivity contribution in [3.05, 3.63) is 0 Å². The molecule has 0 saturated carbocycles. The van der Waals surface area contributed by atoms with E-state index in [1.54, 1.807) is 0 Å². The highest BCUT2D eigenvalue weighted by Crippen LogP contribution is 2.18. The molecule has 1 aliphatic heterocycles. The Morgan fingerprint density at radius 2 is 1.50 bits per heavy atom. The van der Waals surface area contributed by atoms with E-state index in [1.807, 2.05) is 0 Å². The van der Waals surface area contributed by atoms with E-state index in [0.717, 1.165) is 0 Å². The van der Waals surface area contributed by atoms with E-state index in [-0.39, 0.29) is 0 Å². The van der Waals surface area contributed by atoms with Crippen LogP contribution >= 0.6 is 0 Å². The van der Waals surface area contributed by atoms with E-state index in [9.17, 15) is 0 Å². The minimum atomic E-state index is -1.57. The Bertz CT molecular complexity index is 146. The Morgan fingerprint density at radius 3 is 2.00 bits per heavy atom. The van der Waals surface area contributed by atoms with E-state index in [0.29, 0.717) is 0 Å². The molecule has 12 heavy (non-hydrogen) atoms. The van der Waals surface area contributed by atoms with Gasteiger partial charge >= 0.3 is 0 Å². The van der Waals surface area contributed by atoms with Gasteiger partial charge in [-0.2, -0.15) is 0 Å². The average molecular weight is 180 g/mol. The lowest BCUT2D eigenvalue weighted by Crippen LogP contribution is -2.58. The molecule has 0 amide bonds. The highest BCUT2D eigenvalue weighted by atomic mass is 16.6. The Balaban J connectivity index is 2.63. The van der Waals surface area contributed by atoms with Gasteiger partial charge in [0.1, 0.15) is 24.4 Å². The minimum Gasteiger partial charge on any atom is -0.394 e. The molecule has 2 unspecified atom stereocenters. The van der Waals surface area contributed by atoms with Crippen LogP contribution in [-0.4, -0.2) is 62.8 Å². The van der Waals surface area contributed by atoms with Gasteiger partial charge in [-0.05, 0) is 0 Å². The lowest BCUT2D eigenvalue weighted by Gasteiger charge is -2.37. The first kappa shape index (κ1) is 9.85. The van der Waals surface area contributed by atoms with Crippen molar-refractivity contribution < 1.29 is 30.3 Å². The Kier molecular flexibility index (Phi) is 2.99. The van der Waals surface area contributed by atoms with Gasteiger partial charge in [0.15, 0.2) is 6.29 Å². The molecule has 1 heterocycles. The molecule has 0 radical (unpaired) electrons. The molecule has 0 aliphatic carbocycles. The van der Waals surface area contributed by atoms with Crippen LogP contribution in [0.2, 0.25) is 0 Å². The molecule has 5 N–H and O–H groups in total. The summed E-state index contributed by atoms with van der Waals surface area (Å²) in [5.74, 6) is 0. The van der Waals surface area contributed by atoms with Crippen molar-refractivity contribution in [3.63, 3.8) is 0 Å². The summed E-state index contributed by atoms with van der Waals surface area (Å²) in [4.78, 5) is 0. The monoisotopic (exact) mass is 180 g/mol. The van der Waals surface area contributed by atoms with Crippen molar-refractivity contribution in [3.8, 4) is 0 Å². The summed E-state index contributed by atoms with van der Waals surface area (Å²) in [5, 5.41) is 44.7. The predicted octanol–water partition coefficient (Wildman–Crippen LogP) is -3.22. The largest absolute Gasteiger partial charge is 0.394 e. The average Bonchev–Trinajstić information content (AvgIpc) is 2.08. The van der Waals surface area contributed by atoms with Gasteiger partial charge in [0, 0.05) is 0 Å². The normalized spacial score (nSPS) is 49.2. The number of ether oxygens (including phenoxy) is 1. The standard InChI is InChI=1S/C6H12O6/c7-1-2-3(8)4(9)5(10)6(11)12-2/h2-11H,1H2/t2?,3?,4-,5+,6-/m0/s1. The van der Waals surface area contributed by atoms with Gasteiger partial charge < -0.3 is 30.3 Å². The van der Waals surface area contributed by atoms with E-state index < -0.39 is 37.3 Å². The topological polar surface area (TPSA) is 110 Å². The Hall–Kier alpha value is -0.240. The zero-order valence-electron chi connectivity index (χ0n) is 6.24. The summed E-state index contributed by atoms with van der Waals surface area (Å²) >= 11 is 0. The molecule has 5 atom stereocenters. The van der Waals surface area contributed by atoms with Crippen LogP contribution in [0, 0.1) is 0 Å². The van der Waals surface area contributed by atoms with Gasteiger partial charge in [0.25, 0.3) is 0 Å². The molecule has 1 saturated heterocycles. The van der Waals surface area contributed by atoms with Gasteiger partial charge in [-0.1, -0.05) is 0 Å². The van der Waals surface area contributed by atoms with Crippen molar-refractivity contribution in [2.24, 2.45) is 0 Å². The van der Waals surface area contributed by atoms with Crippen molar-refractivity contribution in [2.45, 2.75) is 30.7 Å². The number of hydrogen-bond acceptors (Lipinski definition) is 6. The van der Waals surface area contributed by atoms with Crippen LogP contribution < -0.4 is 0 Å². The van der Waals surface area contributed by atoms with Crippen molar-refractivity contribution >= 4 is 0 Å². The van der Waals surface area contributed by atoms with Crippen molar-refractivity contribution in [2.75, 3.05) is 6.61 Å². The molecule has 0 bridgehead atoms. The Morgan fingerprint density at radius 1 is 0.917 bits per heavy atom. The predicted molar refractivity (Wildman–Crippen MR) is 36.0 cm³/mol. The zero-order valence-corrected chi connectivity index (χ0v) is 6.24. The fourth-order valence-corrected chi connectivity index (χ4v) is 1.08. The second kappa shape index (κ2) is 3.65.